The Morgan fingerprint density at radius 2 is 1.80 bits per heavy atom. The van der Waals surface area contributed by atoms with Crippen LogP contribution < -0.4 is 14.8 Å². The van der Waals surface area contributed by atoms with E-state index in [2.05, 4.69) is 5.32 Å². The van der Waals surface area contributed by atoms with E-state index in [1.54, 1.807) is 31.4 Å². The molecule has 0 spiro atoms. The summed E-state index contributed by atoms with van der Waals surface area (Å²) in [5.41, 5.74) is 0. The molecule has 1 aromatic rings. The zero-order chi connectivity index (χ0) is 18.3. The van der Waals surface area contributed by atoms with E-state index in [4.69, 9.17) is 9.47 Å². The first kappa shape index (κ1) is 19.5. The maximum Gasteiger partial charge on any atom is 0.235 e. The highest BCUT2D eigenvalue weighted by Gasteiger charge is 2.23. The predicted molar refractivity (Wildman–Crippen MR) is 95.3 cm³/mol. The fourth-order valence-electron chi connectivity index (χ4n) is 2.80. The lowest BCUT2D eigenvalue weighted by molar-refractivity contribution is -0.122. The van der Waals surface area contributed by atoms with Crippen LogP contribution in [0.25, 0.3) is 0 Å². The van der Waals surface area contributed by atoms with Gasteiger partial charge in [-0.15, -0.1) is 0 Å². The van der Waals surface area contributed by atoms with Crippen molar-refractivity contribution in [1.82, 2.24) is 9.62 Å². The second kappa shape index (κ2) is 9.05. The Hall–Kier alpha value is -1.80. The number of amides is 1. The minimum atomic E-state index is -3.49. The number of nitrogens with zero attached hydrogens (tertiary/aromatic N) is 1. The van der Waals surface area contributed by atoms with Crippen molar-refractivity contribution in [3.63, 3.8) is 0 Å². The largest absolute Gasteiger partial charge is 0.497 e. The number of hydrogen-bond donors (Lipinski definition) is 1. The number of sulfonamides is 1. The molecule has 7 nitrogen and oxygen atoms in total. The summed E-state index contributed by atoms with van der Waals surface area (Å²) in [6.45, 7) is 0.0976. The summed E-state index contributed by atoms with van der Waals surface area (Å²) in [6.07, 6.45) is 5.24. The van der Waals surface area contributed by atoms with Crippen molar-refractivity contribution in [2.75, 3.05) is 33.1 Å². The summed E-state index contributed by atoms with van der Waals surface area (Å²) in [7, 11) is -1.91. The number of rotatable bonds is 9. The number of hydrogen-bond acceptors (Lipinski definition) is 5. The van der Waals surface area contributed by atoms with Crippen LogP contribution in [0.5, 0.6) is 11.5 Å². The average Bonchev–Trinajstić information content (AvgIpc) is 3.06. The molecule has 0 aromatic heterocycles. The van der Waals surface area contributed by atoms with Gasteiger partial charge in [0.05, 0.1) is 19.9 Å². The molecule has 8 heteroatoms. The molecule has 1 aromatic carbocycles. The maximum atomic E-state index is 12.1. The van der Waals surface area contributed by atoms with Gasteiger partial charge in [-0.3, -0.25) is 4.79 Å². The third-order valence-corrected chi connectivity index (χ3v) is 5.43. The van der Waals surface area contributed by atoms with Crippen molar-refractivity contribution >= 4 is 15.9 Å². The topological polar surface area (TPSA) is 84.9 Å². The van der Waals surface area contributed by atoms with E-state index < -0.39 is 10.0 Å². The molecule has 140 valence electrons. The van der Waals surface area contributed by atoms with Crippen molar-refractivity contribution in [2.24, 2.45) is 0 Å². The van der Waals surface area contributed by atoms with Gasteiger partial charge in [-0.05, 0) is 37.1 Å². The van der Waals surface area contributed by atoms with Crippen molar-refractivity contribution in [2.45, 2.75) is 31.7 Å². The molecule has 1 amide bonds. The highest BCUT2D eigenvalue weighted by molar-refractivity contribution is 7.88. The Kier molecular flexibility index (Phi) is 7.07. The molecule has 0 heterocycles. The van der Waals surface area contributed by atoms with E-state index >= 15 is 0 Å². The second-order valence-corrected chi connectivity index (χ2v) is 8.15. The number of benzene rings is 1. The van der Waals surface area contributed by atoms with Gasteiger partial charge < -0.3 is 14.8 Å². The van der Waals surface area contributed by atoms with Gasteiger partial charge >= 0.3 is 0 Å². The first-order valence-electron chi connectivity index (χ1n) is 8.40. The summed E-state index contributed by atoms with van der Waals surface area (Å²) in [5, 5.41) is 2.90. The molecule has 2 rings (SSSR count). The van der Waals surface area contributed by atoms with Crippen LogP contribution in [-0.4, -0.2) is 57.7 Å². The lowest BCUT2D eigenvalue weighted by atomic mass is 10.2. The van der Waals surface area contributed by atoms with E-state index in [0.29, 0.717) is 11.5 Å². The van der Waals surface area contributed by atoms with E-state index in [1.165, 1.54) is 0 Å². The molecule has 1 aliphatic carbocycles. The average molecular weight is 370 g/mol. The summed E-state index contributed by atoms with van der Waals surface area (Å²) >= 11 is 0. The first-order chi connectivity index (χ1) is 11.9. The van der Waals surface area contributed by atoms with Crippen LogP contribution in [0.2, 0.25) is 0 Å². The highest BCUT2D eigenvalue weighted by Crippen LogP contribution is 2.18. The first-order valence-corrected chi connectivity index (χ1v) is 10.2. The quantitative estimate of drug-likeness (QED) is 0.710. The Labute approximate surface area is 149 Å². The van der Waals surface area contributed by atoms with Crippen LogP contribution in [0, 0.1) is 0 Å². The molecule has 1 fully saturated rings. The molecule has 0 radical (unpaired) electrons. The molecule has 1 saturated carbocycles. The number of ether oxygens (including phenoxy) is 2. The Balaban J connectivity index is 1.83. The minimum Gasteiger partial charge on any atom is -0.497 e. The summed E-state index contributed by atoms with van der Waals surface area (Å²) in [4.78, 5) is 12.1. The van der Waals surface area contributed by atoms with Crippen LogP contribution in [0.3, 0.4) is 0 Å². The van der Waals surface area contributed by atoms with Gasteiger partial charge in [0.25, 0.3) is 0 Å². The number of methoxy groups -OCH3 is 1. The van der Waals surface area contributed by atoms with Gasteiger partial charge in [0.15, 0.2) is 0 Å². The van der Waals surface area contributed by atoms with Crippen LogP contribution in [-0.2, 0) is 14.8 Å². The van der Waals surface area contributed by atoms with Crippen LogP contribution in [0.1, 0.15) is 25.7 Å². The summed E-state index contributed by atoms with van der Waals surface area (Å²) in [6, 6.07) is 7.19. The zero-order valence-electron chi connectivity index (χ0n) is 14.7. The van der Waals surface area contributed by atoms with Gasteiger partial charge in [-0.25, -0.2) is 8.42 Å². The SMILES string of the molecule is COc1ccc(OCCN(CC(=O)NC2CCCC2)S(C)(=O)=O)cc1. The lowest BCUT2D eigenvalue weighted by Crippen LogP contribution is -2.44. The van der Waals surface area contributed by atoms with E-state index in [0.717, 1.165) is 36.2 Å². The van der Waals surface area contributed by atoms with Crippen molar-refractivity contribution < 1.29 is 22.7 Å². The highest BCUT2D eigenvalue weighted by atomic mass is 32.2. The van der Waals surface area contributed by atoms with E-state index in [-0.39, 0.29) is 31.6 Å². The monoisotopic (exact) mass is 370 g/mol. The number of carbonyl (C=O) groups excluding carboxylic acids is 1. The van der Waals surface area contributed by atoms with Gasteiger partial charge in [0.2, 0.25) is 15.9 Å². The summed E-state index contributed by atoms with van der Waals surface area (Å²) in [5.74, 6) is 1.07. The molecule has 0 aliphatic heterocycles. The van der Waals surface area contributed by atoms with Crippen molar-refractivity contribution in [3.05, 3.63) is 24.3 Å². The predicted octanol–water partition coefficient (Wildman–Crippen LogP) is 1.39. The molecular formula is C17H26N2O5S. The normalized spacial score (nSPS) is 15.3. The fourth-order valence-corrected chi connectivity index (χ4v) is 3.56. The smallest absolute Gasteiger partial charge is 0.235 e. The Bertz CT molecular complexity index is 654. The third kappa shape index (κ3) is 6.55. The third-order valence-electron chi connectivity index (χ3n) is 4.18. The Morgan fingerprint density at radius 1 is 1.20 bits per heavy atom. The molecule has 1 N–H and O–H groups in total. The fraction of sp³-hybridized carbons (Fsp3) is 0.588. The molecule has 0 saturated heterocycles. The summed E-state index contributed by atoms with van der Waals surface area (Å²) < 4.78 is 35.6. The van der Waals surface area contributed by atoms with E-state index in [1.807, 2.05) is 0 Å². The molecule has 1 aliphatic rings. The van der Waals surface area contributed by atoms with Crippen molar-refractivity contribution in [1.29, 1.82) is 0 Å². The van der Waals surface area contributed by atoms with Crippen LogP contribution in [0.4, 0.5) is 0 Å². The van der Waals surface area contributed by atoms with Crippen LogP contribution >= 0.6 is 0 Å². The molecule has 25 heavy (non-hydrogen) atoms. The zero-order valence-corrected chi connectivity index (χ0v) is 15.5. The van der Waals surface area contributed by atoms with Gasteiger partial charge in [-0.1, -0.05) is 12.8 Å². The minimum absolute atomic E-state index is 0.114. The molecule has 0 atom stereocenters. The maximum absolute atomic E-state index is 12.1. The van der Waals surface area contributed by atoms with Gasteiger partial charge in [0.1, 0.15) is 18.1 Å². The Morgan fingerprint density at radius 3 is 2.36 bits per heavy atom. The van der Waals surface area contributed by atoms with Gasteiger partial charge in [-0.2, -0.15) is 4.31 Å². The standard InChI is InChI=1S/C17H26N2O5S/c1-23-15-7-9-16(10-8-15)24-12-11-19(25(2,21)22)13-17(20)18-14-5-3-4-6-14/h7-10,14H,3-6,11-13H2,1-2H3,(H,18,20). The second-order valence-electron chi connectivity index (χ2n) is 6.17. The lowest BCUT2D eigenvalue weighted by Gasteiger charge is -2.21. The molecule has 0 unspecified atom stereocenters. The van der Waals surface area contributed by atoms with E-state index in [9.17, 15) is 13.2 Å². The van der Waals surface area contributed by atoms with Crippen LogP contribution in [0.15, 0.2) is 24.3 Å². The number of carbonyl (C=O) groups is 1. The molecular weight excluding hydrogens is 344 g/mol. The molecule has 0 bridgehead atoms. The number of nitrogens with one attached hydrogen (secondary N) is 1. The van der Waals surface area contributed by atoms with Crippen molar-refractivity contribution in [3.8, 4) is 11.5 Å². The van der Waals surface area contributed by atoms with Gasteiger partial charge in [0, 0.05) is 12.6 Å².